The summed E-state index contributed by atoms with van der Waals surface area (Å²) in [5, 5.41) is 10.6. The van der Waals surface area contributed by atoms with Crippen LogP contribution in [0.4, 0.5) is 0 Å². The summed E-state index contributed by atoms with van der Waals surface area (Å²) in [5.74, 6) is 0.661. The first kappa shape index (κ1) is 17.5. The fourth-order valence-electron chi connectivity index (χ4n) is 2.46. The minimum absolute atomic E-state index is 0.0443. The fourth-order valence-corrected chi connectivity index (χ4v) is 2.46. The molecule has 0 unspecified atom stereocenters. The second-order valence-electron chi connectivity index (χ2n) is 5.79. The van der Waals surface area contributed by atoms with E-state index in [-0.39, 0.29) is 24.7 Å². The summed E-state index contributed by atoms with van der Waals surface area (Å²) in [4.78, 5) is 23.9. The van der Waals surface area contributed by atoms with Crippen LogP contribution in [0.15, 0.2) is 65.1 Å². The van der Waals surface area contributed by atoms with Gasteiger partial charge in [0.05, 0.1) is 6.54 Å². The maximum Gasteiger partial charge on any atom is 0.247 e. The maximum absolute atomic E-state index is 12.0. The normalized spacial score (nSPS) is 10.5. The Balaban J connectivity index is 1.41. The molecule has 1 N–H and O–H groups in total. The third kappa shape index (κ3) is 4.86. The summed E-state index contributed by atoms with van der Waals surface area (Å²) in [6.07, 6.45) is 1.12. The summed E-state index contributed by atoms with van der Waals surface area (Å²) in [6, 6.07) is 18.5. The number of rotatable bonds is 8. The Morgan fingerprint density at radius 3 is 2.31 bits per heavy atom. The predicted molar refractivity (Wildman–Crippen MR) is 96.2 cm³/mol. The number of hydrogen-bond acceptors (Lipinski definition) is 5. The zero-order valence-corrected chi connectivity index (χ0v) is 14.2. The Morgan fingerprint density at radius 2 is 1.58 bits per heavy atom. The molecule has 1 heterocycles. The maximum atomic E-state index is 12.0. The van der Waals surface area contributed by atoms with Crippen molar-refractivity contribution in [2.45, 2.75) is 25.8 Å². The molecule has 0 saturated carbocycles. The molecule has 0 aliphatic rings. The summed E-state index contributed by atoms with van der Waals surface area (Å²) < 4.78 is 5.53. The summed E-state index contributed by atoms with van der Waals surface area (Å²) >= 11 is 0. The van der Waals surface area contributed by atoms with E-state index >= 15 is 0 Å². The van der Waals surface area contributed by atoms with Gasteiger partial charge >= 0.3 is 0 Å². The minimum Gasteiger partial charge on any atom is -0.419 e. The lowest BCUT2D eigenvalue weighted by Gasteiger charge is -2.03. The number of benzene rings is 2. The molecule has 0 saturated heterocycles. The molecular weight excluding hydrogens is 330 g/mol. The number of aromatic nitrogens is 2. The molecule has 132 valence electrons. The first-order valence-corrected chi connectivity index (χ1v) is 8.45. The van der Waals surface area contributed by atoms with Crippen LogP contribution in [0.3, 0.4) is 0 Å². The third-order valence-electron chi connectivity index (χ3n) is 3.83. The molecule has 0 bridgehead atoms. The van der Waals surface area contributed by atoms with Crippen LogP contribution in [0.1, 0.15) is 35.5 Å². The minimum atomic E-state index is -0.148. The van der Waals surface area contributed by atoms with Gasteiger partial charge in [-0.3, -0.25) is 9.59 Å². The smallest absolute Gasteiger partial charge is 0.247 e. The number of ketones is 1. The highest BCUT2D eigenvalue weighted by Gasteiger charge is 2.10. The van der Waals surface area contributed by atoms with Gasteiger partial charge in [-0.05, 0) is 18.6 Å². The molecule has 0 fully saturated rings. The number of nitrogens with zero attached hydrogens (tertiary/aromatic N) is 2. The number of hydrogen-bond donors (Lipinski definition) is 1. The molecule has 0 aliphatic carbocycles. The van der Waals surface area contributed by atoms with Crippen LogP contribution in [-0.2, 0) is 11.3 Å². The molecule has 3 aromatic rings. The van der Waals surface area contributed by atoms with E-state index in [9.17, 15) is 9.59 Å². The Morgan fingerprint density at radius 1 is 0.885 bits per heavy atom. The Labute approximate surface area is 151 Å². The van der Waals surface area contributed by atoms with E-state index in [4.69, 9.17) is 4.42 Å². The Bertz CT molecular complexity index is 860. The van der Waals surface area contributed by atoms with Crippen molar-refractivity contribution in [2.75, 3.05) is 0 Å². The van der Waals surface area contributed by atoms with Crippen LogP contribution in [0.25, 0.3) is 11.5 Å². The van der Waals surface area contributed by atoms with Gasteiger partial charge in [0.1, 0.15) is 0 Å². The highest BCUT2D eigenvalue weighted by Crippen LogP contribution is 2.16. The van der Waals surface area contributed by atoms with Crippen LogP contribution >= 0.6 is 0 Å². The summed E-state index contributed by atoms with van der Waals surface area (Å²) in [5.41, 5.74) is 1.50. The molecule has 6 heteroatoms. The van der Waals surface area contributed by atoms with Crippen molar-refractivity contribution in [3.8, 4) is 11.5 Å². The van der Waals surface area contributed by atoms with E-state index in [2.05, 4.69) is 15.5 Å². The van der Waals surface area contributed by atoms with Crippen LogP contribution < -0.4 is 5.32 Å². The summed E-state index contributed by atoms with van der Waals surface area (Å²) in [7, 11) is 0. The zero-order valence-electron chi connectivity index (χ0n) is 14.2. The third-order valence-corrected chi connectivity index (χ3v) is 3.83. The van der Waals surface area contributed by atoms with Crippen molar-refractivity contribution >= 4 is 11.7 Å². The van der Waals surface area contributed by atoms with E-state index in [1.165, 1.54) is 0 Å². The molecule has 3 rings (SSSR count). The zero-order chi connectivity index (χ0) is 18.2. The second kappa shape index (κ2) is 8.71. The van der Waals surface area contributed by atoms with Gasteiger partial charge in [0, 0.05) is 24.0 Å². The molecule has 0 radical (unpaired) electrons. The molecule has 2 aromatic carbocycles. The molecule has 0 aliphatic heterocycles. The van der Waals surface area contributed by atoms with Crippen molar-refractivity contribution in [3.63, 3.8) is 0 Å². The molecule has 26 heavy (non-hydrogen) atoms. The first-order valence-electron chi connectivity index (χ1n) is 8.45. The van der Waals surface area contributed by atoms with Crippen molar-refractivity contribution in [1.82, 2.24) is 15.5 Å². The van der Waals surface area contributed by atoms with E-state index in [0.29, 0.717) is 30.2 Å². The van der Waals surface area contributed by atoms with Crippen molar-refractivity contribution in [1.29, 1.82) is 0 Å². The largest absolute Gasteiger partial charge is 0.419 e. The van der Waals surface area contributed by atoms with E-state index in [1.54, 1.807) is 12.1 Å². The number of carbonyl (C=O) groups is 2. The van der Waals surface area contributed by atoms with Crippen molar-refractivity contribution in [2.24, 2.45) is 0 Å². The highest BCUT2D eigenvalue weighted by molar-refractivity contribution is 5.96. The number of nitrogens with one attached hydrogen (secondary N) is 1. The van der Waals surface area contributed by atoms with Crippen LogP contribution in [0.2, 0.25) is 0 Å². The Hall–Kier alpha value is -3.28. The van der Waals surface area contributed by atoms with E-state index < -0.39 is 0 Å². The lowest BCUT2D eigenvalue weighted by atomic mass is 10.1. The molecule has 1 aromatic heterocycles. The second-order valence-corrected chi connectivity index (χ2v) is 5.79. The SMILES string of the molecule is O=C(CCCC(=O)c1ccccc1)NCc1nnc(-c2ccccc2)o1. The van der Waals surface area contributed by atoms with Gasteiger partial charge in [0.2, 0.25) is 17.7 Å². The number of Topliss-reactive ketones (excluding diaryl/α,β-unsaturated/α-hetero) is 1. The number of amides is 1. The molecule has 0 spiro atoms. The van der Waals surface area contributed by atoms with E-state index in [0.717, 1.165) is 5.56 Å². The first-order chi connectivity index (χ1) is 12.7. The van der Waals surface area contributed by atoms with Crippen LogP contribution in [-0.4, -0.2) is 21.9 Å². The van der Waals surface area contributed by atoms with E-state index in [1.807, 2.05) is 48.5 Å². The van der Waals surface area contributed by atoms with Gasteiger partial charge in [0.15, 0.2) is 5.78 Å². The van der Waals surface area contributed by atoms with Gasteiger partial charge in [0.25, 0.3) is 0 Å². The average molecular weight is 349 g/mol. The molecule has 0 atom stereocenters. The summed E-state index contributed by atoms with van der Waals surface area (Å²) in [6.45, 7) is 0.172. The molecule has 1 amide bonds. The molecule has 6 nitrogen and oxygen atoms in total. The van der Waals surface area contributed by atoms with Crippen LogP contribution in [0.5, 0.6) is 0 Å². The van der Waals surface area contributed by atoms with Gasteiger partial charge in [-0.1, -0.05) is 48.5 Å². The lowest BCUT2D eigenvalue weighted by Crippen LogP contribution is -2.22. The molecular formula is C20H19N3O3. The van der Waals surface area contributed by atoms with Crippen molar-refractivity contribution in [3.05, 3.63) is 72.1 Å². The lowest BCUT2D eigenvalue weighted by molar-refractivity contribution is -0.121. The van der Waals surface area contributed by atoms with Crippen LogP contribution in [0, 0.1) is 0 Å². The quantitative estimate of drug-likeness (QED) is 0.630. The van der Waals surface area contributed by atoms with Gasteiger partial charge in [-0.15, -0.1) is 10.2 Å². The van der Waals surface area contributed by atoms with Gasteiger partial charge in [-0.25, -0.2) is 0 Å². The number of carbonyl (C=O) groups excluding carboxylic acids is 2. The Kier molecular flexibility index (Phi) is 5.88. The topological polar surface area (TPSA) is 85.1 Å². The monoisotopic (exact) mass is 349 g/mol. The predicted octanol–water partition coefficient (Wildman–Crippen LogP) is 3.41. The fraction of sp³-hybridized carbons (Fsp3) is 0.200. The standard InChI is InChI=1S/C20H19N3O3/c24-17(15-8-3-1-4-9-15)12-7-13-18(25)21-14-19-22-23-20(26-19)16-10-5-2-6-11-16/h1-6,8-11H,7,12-14H2,(H,21,25). The van der Waals surface area contributed by atoms with Gasteiger partial charge < -0.3 is 9.73 Å². The van der Waals surface area contributed by atoms with Gasteiger partial charge in [-0.2, -0.15) is 0 Å². The average Bonchev–Trinajstić information content (AvgIpc) is 3.17. The highest BCUT2D eigenvalue weighted by atomic mass is 16.4. The van der Waals surface area contributed by atoms with Crippen molar-refractivity contribution < 1.29 is 14.0 Å².